The maximum absolute atomic E-state index is 13.2. The molecule has 2 heterocycles. The fraction of sp³-hybridized carbons (Fsp3) is 0.250. The number of carbonyl (C=O) groups is 1. The third-order valence-electron chi connectivity index (χ3n) is 5.29. The molecule has 1 amide bonds. The van der Waals surface area contributed by atoms with Crippen LogP contribution in [0.1, 0.15) is 21.6 Å². The average molecular weight is 454 g/mol. The van der Waals surface area contributed by atoms with E-state index >= 15 is 0 Å². The topological polar surface area (TPSA) is 46.8 Å². The Bertz CT molecular complexity index is 1180. The van der Waals surface area contributed by atoms with Gasteiger partial charge in [-0.3, -0.25) is 9.20 Å². The molecule has 0 aliphatic carbocycles. The molecule has 0 N–H and O–H groups in total. The molecule has 5 nitrogen and oxygen atoms in total. The van der Waals surface area contributed by atoms with E-state index in [4.69, 9.17) is 21.3 Å². The van der Waals surface area contributed by atoms with E-state index in [1.54, 1.807) is 18.4 Å². The third kappa shape index (κ3) is 4.82. The highest BCUT2D eigenvalue weighted by molar-refractivity contribution is 7.15. The first-order valence-corrected chi connectivity index (χ1v) is 11.4. The molecule has 0 aliphatic heterocycles. The molecule has 2 aromatic heterocycles. The smallest absolute Gasteiger partial charge is 0.254 e. The quantitative estimate of drug-likeness (QED) is 0.361. The lowest BCUT2D eigenvalue weighted by Crippen LogP contribution is -2.36. The van der Waals surface area contributed by atoms with Crippen LogP contribution in [0.3, 0.4) is 0 Å². The number of hydrogen-bond donors (Lipinski definition) is 0. The van der Waals surface area contributed by atoms with Gasteiger partial charge in [-0.2, -0.15) is 0 Å². The second kappa shape index (κ2) is 9.64. The van der Waals surface area contributed by atoms with Crippen LogP contribution in [0.4, 0.5) is 0 Å². The Morgan fingerprint density at radius 2 is 1.94 bits per heavy atom. The Kier molecular flexibility index (Phi) is 6.70. The number of fused-ring (bicyclic) bond motifs is 1. The van der Waals surface area contributed by atoms with Crippen LogP contribution in [-0.4, -0.2) is 47.0 Å². The van der Waals surface area contributed by atoms with E-state index in [1.165, 1.54) is 0 Å². The van der Waals surface area contributed by atoms with Crippen molar-refractivity contribution in [1.29, 1.82) is 0 Å². The molecule has 0 saturated heterocycles. The molecule has 2 aromatic carbocycles. The number of benzene rings is 2. The van der Waals surface area contributed by atoms with Crippen molar-refractivity contribution < 1.29 is 9.53 Å². The number of aryl methyl sites for hydroxylation is 1. The van der Waals surface area contributed by atoms with Gasteiger partial charge in [0, 0.05) is 60.0 Å². The van der Waals surface area contributed by atoms with Crippen molar-refractivity contribution in [2.24, 2.45) is 0 Å². The molecular formula is C24H24ClN3O2S. The first kappa shape index (κ1) is 21.6. The van der Waals surface area contributed by atoms with Crippen LogP contribution < -0.4 is 0 Å². The summed E-state index contributed by atoms with van der Waals surface area (Å²) in [5, 5.41) is 2.82. The Hall–Kier alpha value is -2.67. The molecule has 0 radical (unpaired) electrons. The van der Waals surface area contributed by atoms with Crippen LogP contribution in [0.25, 0.3) is 16.2 Å². The number of aromatic nitrogens is 2. The van der Waals surface area contributed by atoms with Crippen LogP contribution >= 0.6 is 22.9 Å². The number of thiazole rings is 1. The number of amides is 1. The molecule has 0 atom stereocenters. The minimum atomic E-state index is 0.0362. The Morgan fingerprint density at radius 3 is 2.68 bits per heavy atom. The number of hydrogen-bond acceptors (Lipinski definition) is 4. The van der Waals surface area contributed by atoms with Gasteiger partial charge in [0.2, 0.25) is 0 Å². The highest BCUT2D eigenvalue weighted by Crippen LogP contribution is 2.25. The molecule has 0 saturated carbocycles. The minimum absolute atomic E-state index is 0.0362. The summed E-state index contributed by atoms with van der Waals surface area (Å²) in [6.45, 7) is 3.63. The monoisotopic (exact) mass is 453 g/mol. The Labute approximate surface area is 190 Å². The van der Waals surface area contributed by atoms with E-state index in [2.05, 4.69) is 9.78 Å². The number of carbonyl (C=O) groups excluding carboxylic acids is 1. The first-order chi connectivity index (χ1) is 15.1. The standard InChI is InChI=1S/C24H24ClN3O2S/c1-17-5-3-4-6-21(17)23(29)27(13-14-30-2)12-11-20-16-31-24-26-22(15-28(20)24)18-7-9-19(25)10-8-18/h3-10,15-16H,11-14H2,1-2H3. The van der Waals surface area contributed by atoms with E-state index in [-0.39, 0.29) is 5.91 Å². The SMILES string of the molecule is COCCN(CCc1csc2nc(-c3ccc(Cl)cc3)cn12)C(=O)c1ccccc1C. The lowest BCUT2D eigenvalue weighted by atomic mass is 10.1. The van der Waals surface area contributed by atoms with Crippen LogP contribution in [0, 0.1) is 6.92 Å². The Morgan fingerprint density at radius 1 is 1.16 bits per heavy atom. The second-order valence-corrected chi connectivity index (χ2v) is 8.64. The normalized spacial score (nSPS) is 11.2. The maximum Gasteiger partial charge on any atom is 0.254 e. The predicted molar refractivity (Wildman–Crippen MR) is 126 cm³/mol. The van der Waals surface area contributed by atoms with E-state index in [1.807, 2.05) is 66.6 Å². The average Bonchev–Trinajstić information content (AvgIpc) is 3.36. The van der Waals surface area contributed by atoms with Crippen LogP contribution in [0.2, 0.25) is 5.02 Å². The van der Waals surface area contributed by atoms with Gasteiger partial charge in [0.05, 0.1) is 12.3 Å². The van der Waals surface area contributed by atoms with E-state index in [0.29, 0.717) is 24.7 Å². The van der Waals surface area contributed by atoms with Crippen LogP contribution in [0.5, 0.6) is 0 Å². The number of rotatable bonds is 8. The van der Waals surface area contributed by atoms with Gasteiger partial charge in [-0.25, -0.2) is 4.98 Å². The summed E-state index contributed by atoms with van der Waals surface area (Å²) in [4.78, 5) is 20.7. The van der Waals surface area contributed by atoms with Crippen molar-refractivity contribution in [3.05, 3.63) is 82.0 Å². The lowest BCUT2D eigenvalue weighted by molar-refractivity contribution is 0.0696. The van der Waals surface area contributed by atoms with Crippen molar-refractivity contribution >= 4 is 33.8 Å². The van der Waals surface area contributed by atoms with Gasteiger partial charge in [-0.15, -0.1) is 11.3 Å². The van der Waals surface area contributed by atoms with Crippen molar-refractivity contribution in [1.82, 2.24) is 14.3 Å². The van der Waals surface area contributed by atoms with Gasteiger partial charge in [-0.05, 0) is 30.7 Å². The molecule has 0 bridgehead atoms. The maximum atomic E-state index is 13.2. The van der Waals surface area contributed by atoms with Gasteiger partial charge in [0.1, 0.15) is 0 Å². The van der Waals surface area contributed by atoms with Crippen molar-refractivity contribution in [2.75, 3.05) is 26.8 Å². The van der Waals surface area contributed by atoms with Crippen molar-refractivity contribution in [3.63, 3.8) is 0 Å². The zero-order chi connectivity index (χ0) is 21.8. The highest BCUT2D eigenvalue weighted by Gasteiger charge is 2.18. The Balaban J connectivity index is 1.53. The summed E-state index contributed by atoms with van der Waals surface area (Å²) in [6.07, 6.45) is 2.78. The molecule has 0 unspecified atom stereocenters. The summed E-state index contributed by atoms with van der Waals surface area (Å²) in [7, 11) is 1.66. The molecule has 0 aliphatic rings. The number of methoxy groups -OCH3 is 1. The summed E-state index contributed by atoms with van der Waals surface area (Å²) < 4.78 is 7.35. The fourth-order valence-electron chi connectivity index (χ4n) is 3.52. The largest absolute Gasteiger partial charge is 0.383 e. The van der Waals surface area contributed by atoms with E-state index in [0.717, 1.165) is 39.5 Å². The molecule has 0 fully saturated rings. The lowest BCUT2D eigenvalue weighted by Gasteiger charge is -2.23. The first-order valence-electron chi connectivity index (χ1n) is 10.1. The van der Waals surface area contributed by atoms with Crippen molar-refractivity contribution in [2.45, 2.75) is 13.3 Å². The zero-order valence-electron chi connectivity index (χ0n) is 17.5. The van der Waals surface area contributed by atoms with Gasteiger partial charge in [0.25, 0.3) is 5.91 Å². The molecule has 0 spiro atoms. The number of imidazole rings is 1. The van der Waals surface area contributed by atoms with Crippen LogP contribution in [0.15, 0.2) is 60.1 Å². The molecule has 31 heavy (non-hydrogen) atoms. The van der Waals surface area contributed by atoms with Gasteiger partial charge >= 0.3 is 0 Å². The van der Waals surface area contributed by atoms with Crippen LogP contribution in [-0.2, 0) is 11.2 Å². The zero-order valence-corrected chi connectivity index (χ0v) is 19.1. The summed E-state index contributed by atoms with van der Waals surface area (Å²) in [5.41, 5.74) is 4.80. The van der Waals surface area contributed by atoms with Gasteiger partial charge in [0.15, 0.2) is 4.96 Å². The molecular weight excluding hydrogens is 430 g/mol. The van der Waals surface area contributed by atoms with Crippen molar-refractivity contribution in [3.8, 4) is 11.3 Å². The highest BCUT2D eigenvalue weighted by atomic mass is 35.5. The molecule has 7 heteroatoms. The predicted octanol–water partition coefficient (Wildman–Crippen LogP) is 5.36. The molecule has 160 valence electrons. The minimum Gasteiger partial charge on any atom is -0.383 e. The summed E-state index contributed by atoms with van der Waals surface area (Å²) >= 11 is 7.61. The second-order valence-electron chi connectivity index (χ2n) is 7.36. The van der Waals surface area contributed by atoms with Gasteiger partial charge in [-0.1, -0.05) is 41.9 Å². The van der Waals surface area contributed by atoms with Gasteiger partial charge < -0.3 is 9.64 Å². The van der Waals surface area contributed by atoms with E-state index in [9.17, 15) is 4.79 Å². The molecule has 4 aromatic rings. The number of nitrogens with zero attached hydrogens (tertiary/aromatic N) is 3. The summed E-state index contributed by atoms with van der Waals surface area (Å²) in [5.74, 6) is 0.0362. The number of halogens is 1. The third-order valence-corrected chi connectivity index (χ3v) is 6.43. The molecule has 4 rings (SSSR count). The fourth-order valence-corrected chi connectivity index (χ4v) is 4.55. The van der Waals surface area contributed by atoms with E-state index < -0.39 is 0 Å². The summed E-state index contributed by atoms with van der Waals surface area (Å²) in [6, 6.07) is 15.4. The number of ether oxygens (including phenoxy) is 1.